The number of urea groups is 1. The van der Waals surface area contributed by atoms with Crippen molar-refractivity contribution in [3.05, 3.63) is 47.5 Å². The van der Waals surface area contributed by atoms with Gasteiger partial charge >= 0.3 is 6.03 Å². The van der Waals surface area contributed by atoms with E-state index in [1.807, 2.05) is 29.8 Å². The fourth-order valence-corrected chi connectivity index (χ4v) is 5.30. The number of imide groups is 1. The number of nitrogens with one attached hydrogen (secondary N) is 1. The Balaban J connectivity index is 1.31. The van der Waals surface area contributed by atoms with Gasteiger partial charge in [0.15, 0.2) is 0 Å². The number of likely N-dealkylation sites (tertiary alicyclic amines) is 1. The van der Waals surface area contributed by atoms with Crippen molar-refractivity contribution < 1.29 is 9.59 Å². The summed E-state index contributed by atoms with van der Waals surface area (Å²) in [4.78, 5) is 30.1. The molecule has 8 heteroatoms. The largest absolute Gasteiger partial charge is 0.326 e. The van der Waals surface area contributed by atoms with Crippen LogP contribution in [-0.4, -0.2) is 56.3 Å². The molecule has 1 unspecified atom stereocenters. The number of fused-ring (bicyclic) bond motifs is 2. The number of aromatic nitrogens is 3. The Labute approximate surface area is 176 Å². The van der Waals surface area contributed by atoms with Crippen molar-refractivity contribution in [3.8, 4) is 0 Å². The fourth-order valence-electron chi connectivity index (χ4n) is 5.30. The van der Waals surface area contributed by atoms with E-state index in [9.17, 15) is 9.59 Å². The smallest absolute Gasteiger partial charge is 0.320 e. The predicted octanol–water partition coefficient (Wildman–Crippen LogP) is 2.13. The van der Waals surface area contributed by atoms with Gasteiger partial charge in [0.1, 0.15) is 17.7 Å². The molecule has 5 rings (SSSR count). The molecule has 1 spiro atoms. The zero-order valence-corrected chi connectivity index (χ0v) is 17.4. The van der Waals surface area contributed by atoms with Crippen molar-refractivity contribution in [2.75, 3.05) is 19.8 Å². The second kappa shape index (κ2) is 7.50. The summed E-state index contributed by atoms with van der Waals surface area (Å²) in [5.41, 5.74) is 1.25. The van der Waals surface area contributed by atoms with E-state index < -0.39 is 5.54 Å². The summed E-state index contributed by atoms with van der Waals surface area (Å²) in [6.07, 6.45) is 7.22. The molecule has 2 fully saturated rings. The Bertz CT molecular complexity index is 964. The Morgan fingerprint density at radius 1 is 1.17 bits per heavy atom. The standard InChI is InChI=1S/C22H28N6O2/c1-26-14-23-25-19(26)17-9-12-27(13-10-17)15-28-20(29)22(24-21(28)30)11-5-4-7-16-6-2-3-8-18(16)22/h2-3,6,8,14,17H,4-5,7,9-13,15H2,1H3,(H,24,30). The van der Waals surface area contributed by atoms with Gasteiger partial charge in [-0.15, -0.1) is 10.2 Å². The van der Waals surface area contributed by atoms with Crippen LogP contribution in [0.25, 0.3) is 0 Å². The van der Waals surface area contributed by atoms with E-state index in [2.05, 4.69) is 26.5 Å². The number of carbonyl (C=O) groups excluding carboxylic acids is 2. The maximum absolute atomic E-state index is 13.6. The molecule has 30 heavy (non-hydrogen) atoms. The molecular formula is C22H28N6O2. The number of nitrogens with zero attached hydrogens (tertiary/aromatic N) is 5. The number of aryl methyl sites for hydroxylation is 2. The second-order valence-corrected chi connectivity index (χ2v) is 8.77. The van der Waals surface area contributed by atoms with Gasteiger partial charge in [0.25, 0.3) is 5.91 Å². The minimum Gasteiger partial charge on any atom is -0.320 e. The van der Waals surface area contributed by atoms with Crippen LogP contribution in [0.15, 0.2) is 30.6 Å². The molecule has 0 bridgehead atoms. The van der Waals surface area contributed by atoms with Crippen LogP contribution in [0.4, 0.5) is 4.79 Å². The van der Waals surface area contributed by atoms with E-state index in [0.29, 0.717) is 19.0 Å². The SMILES string of the molecule is Cn1cnnc1C1CCN(CN2C(=O)NC3(CCCCc4ccccc43)C2=O)CC1. The summed E-state index contributed by atoms with van der Waals surface area (Å²) in [6.45, 7) is 2.01. The topological polar surface area (TPSA) is 83.4 Å². The third-order valence-corrected chi connectivity index (χ3v) is 6.94. The first-order valence-corrected chi connectivity index (χ1v) is 10.9. The van der Waals surface area contributed by atoms with Gasteiger partial charge in [-0.3, -0.25) is 9.69 Å². The van der Waals surface area contributed by atoms with Crippen LogP contribution >= 0.6 is 0 Å². The van der Waals surface area contributed by atoms with Gasteiger partial charge in [0.05, 0.1) is 6.67 Å². The summed E-state index contributed by atoms with van der Waals surface area (Å²) in [7, 11) is 1.97. The van der Waals surface area contributed by atoms with Crippen molar-refractivity contribution in [3.63, 3.8) is 0 Å². The molecule has 2 saturated heterocycles. The average Bonchev–Trinajstić information content (AvgIpc) is 3.21. The van der Waals surface area contributed by atoms with E-state index in [-0.39, 0.29) is 11.9 Å². The minimum absolute atomic E-state index is 0.0997. The molecule has 3 aliphatic rings. The Morgan fingerprint density at radius 3 is 2.73 bits per heavy atom. The molecule has 2 aliphatic heterocycles. The molecular weight excluding hydrogens is 380 g/mol. The number of piperidine rings is 1. The first-order chi connectivity index (χ1) is 14.6. The highest BCUT2D eigenvalue weighted by atomic mass is 16.2. The van der Waals surface area contributed by atoms with Gasteiger partial charge in [0, 0.05) is 26.1 Å². The van der Waals surface area contributed by atoms with Gasteiger partial charge < -0.3 is 9.88 Å². The first kappa shape index (κ1) is 19.2. The highest BCUT2D eigenvalue weighted by molar-refractivity contribution is 6.07. The molecule has 1 N–H and O–H groups in total. The van der Waals surface area contributed by atoms with Crippen molar-refractivity contribution in [1.29, 1.82) is 0 Å². The molecule has 2 aromatic rings. The lowest BCUT2D eigenvalue weighted by molar-refractivity contribution is -0.133. The normalized spacial score (nSPS) is 25.4. The number of hydrogen-bond donors (Lipinski definition) is 1. The summed E-state index contributed by atoms with van der Waals surface area (Å²) >= 11 is 0. The summed E-state index contributed by atoms with van der Waals surface area (Å²) in [6, 6.07) is 7.80. The Kier molecular flexibility index (Phi) is 4.81. The molecule has 8 nitrogen and oxygen atoms in total. The molecule has 3 amide bonds. The highest BCUT2D eigenvalue weighted by Gasteiger charge is 2.53. The lowest BCUT2D eigenvalue weighted by atomic mass is 9.84. The first-order valence-electron chi connectivity index (χ1n) is 10.9. The third-order valence-electron chi connectivity index (χ3n) is 6.94. The van der Waals surface area contributed by atoms with Gasteiger partial charge in [-0.25, -0.2) is 9.69 Å². The average molecular weight is 409 g/mol. The minimum atomic E-state index is -0.902. The molecule has 0 saturated carbocycles. The number of carbonyl (C=O) groups is 2. The fraction of sp³-hybridized carbons (Fsp3) is 0.545. The van der Waals surface area contributed by atoms with E-state index in [0.717, 1.165) is 56.6 Å². The Morgan fingerprint density at radius 2 is 1.97 bits per heavy atom. The van der Waals surface area contributed by atoms with Crippen molar-refractivity contribution in [2.24, 2.45) is 7.05 Å². The molecule has 158 valence electrons. The highest BCUT2D eigenvalue weighted by Crippen LogP contribution is 2.39. The quantitative estimate of drug-likeness (QED) is 0.787. The predicted molar refractivity (Wildman–Crippen MR) is 110 cm³/mol. The van der Waals surface area contributed by atoms with Crippen molar-refractivity contribution in [2.45, 2.75) is 50.0 Å². The van der Waals surface area contributed by atoms with Gasteiger partial charge in [-0.2, -0.15) is 0 Å². The zero-order valence-electron chi connectivity index (χ0n) is 17.4. The molecule has 3 heterocycles. The number of hydrogen-bond acceptors (Lipinski definition) is 5. The van der Waals surface area contributed by atoms with E-state index in [1.54, 1.807) is 6.33 Å². The van der Waals surface area contributed by atoms with Crippen LogP contribution < -0.4 is 5.32 Å². The molecule has 1 aromatic heterocycles. The van der Waals surface area contributed by atoms with Gasteiger partial charge in [-0.1, -0.05) is 24.3 Å². The van der Waals surface area contributed by atoms with Gasteiger partial charge in [0.2, 0.25) is 0 Å². The molecule has 1 aromatic carbocycles. The van der Waals surface area contributed by atoms with Crippen molar-refractivity contribution >= 4 is 11.9 Å². The van der Waals surface area contributed by atoms with E-state index >= 15 is 0 Å². The number of amides is 3. The van der Waals surface area contributed by atoms with Crippen LogP contribution in [0, 0.1) is 0 Å². The van der Waals surface area contributed by atoms with Crippen molar-refractivity contribution in [1.82, 2.24) is 29.9 Å². The number of benzene rings is 1. The Hall–Kier alpha value is -2.74. The monoisotopic (exact) mass is 408 g/mol. The molecule has 0 radical (unpaired) electrons. The van der Waals surface area contributed by atoms with Crippen LogP contribution in [-0.2, 0) is 23.8 Å². The summed E-state index contributed by atoms with van der Waals surface area (Å²) < 4.78 is 1.98. The summed E-state index contributed by atoms with van der Waals surface area (Å²) in [5.74, 6) is 1.29. The molecule has 1 aliphatic carbocycles. The van der Waals surface area contributed by atoms with Gasteiger partial charge in [-0.05, 0) is 49.7 Å². The lowest BCUT2D eigenvalue weighted by Gasteiger charge is -2.33. The van der Waals surface area contributed by atoms with E-state index in [4.69, 9.17) is 0 Å². The van der Waals surface area contributed by atoms with E-state index in [1.165, 1.54) is 10.5 Å². The van der Waals surface area contributed by atoms with Crippen LogP contribution in [0.5, 0.6) is 0 Å². The third kappa shape index (κ3) is 3.10. The van der Waals surface area contributed by atoms with Crippen LogP contribution in [0.2, 0.25) is 0 Å². The maximum Gasteiger partial charge on any atom is 0.326 e. The molecule has 1 atom stereocenters. The second-order valence-electron chi connectivity index (χ2n) is 8.77. The maximum atomic E-state index is 13.6. The lowest BCUT2D eigenvalue weighted by Crippen LogP contribution is -2.47. The zero-order chi connectivity index (χ0) is 20.7. The van der Waals surface area contributed by atoms with Crippen LogP contribution in [0.3, 0.4) is 0 Å². The number of rotatable bonds is 3. The van der Waals surface area contributed by atoms with Crippen LogP contribution in [0.1, 0.15) is 55.0 Å². The summed E-state index contributed by atoms with van der Waals surface area (Å²) in [5, 5.41) is 11.3.